The van der Waals surface area contributed by atoms with Gasteiger partial charge in [-0.25, -0.2) is 0 Å². The zero-order valence-corrected chi connectivity index (χ0v) is 16.0. The molecule has 0 bridgehead atoms. The number of nitrogens with zero attached hydrogens (tertiary/aromatic N) is 1. The molecule has 0 unspecified atom stereocenters. The highest BCUT2D eigenvalue weighted by molar-refractivity contribution is 8.26. The molecule has 4 nitrogen and oxygen atoms in total. The van der Waals surface area contributed by atoms with Crippen molar-refractivity contribution < 1.29 is 9.59 Å². The number of amides is 2. The van der Waals surface area contributed by atoms with Crippen molar-refractivity contribution in [3.05, 3.63) is 40.3 Å². The van der Waals surface area contributed by atoms with Crippen molar-refractivity contribution >= 4 is 46.2 Å². The van der Waals surface area contributed by atoms with Gasteiger partial charge >= 0.3 is 0 Å². The summed E-state index contributed by atoms with van der Waals surface area (Å²) in [6.07, 6.45) is 2.08. The normalized spacial score (nSPS) is 16.8. The third kappa shape index (κ3) is 5.18. The van der Waals surface area contributed by atoms with Gasteiger partial charge in [-0.2, -0.15) is 0 Å². The Morgan fingerprint density at radius 3 is 2.50 bits per heavy atom. The number of aryl methyl sites for hydroxylation is 1. The minimum atomic E-state index is -0.280. The topological polar surface area (TPSA) is 49.4 Å². The predicted octanol–water partition coefficient (Wildman–Crippen LogP) is 3.50. The molecule has 24 heavy (non-hydrogen) atoms. The molecule has 0 radical (unpaired) electrons. The summed E-state index contributed by atoms with van der Waals surface area (Å²) in [5.41, 5.74) is 1.86. The maximum Gasteiger partial charge on any atom is 0.266 e. The van der Waals surface area contributed by atoms with E-state index in [2.05, 4.69) is 5.32 Å². The van der Waals surface area contributed by atoms with Crippen LogP contribution in [0.4, 0.5) is 0 Å². The second-order valence-electron chi connectivity index (χ2n) is 6.79. The van der Waals surface area contributed by atoms with Gasteiger partial charge < -0.3 is 5.32 Å². The lowest BCUT2D eigenvalue weighted by atomic mass is 10.1. The molecule has 128 valence electrons. The van der Waals surface area contributed by atoms with Crippen molar-refractivity contribution in [3.63, 3.8) is 0 Å². The number of benzene rings is 1. The molecule has 0 spiro atoms. The maximum atomic E-state index is 12.5. The van der Waals surface area contributed by atoms with E-state index in [0.29, 0.717) is 15.8 Å². The molecule has 1 aromatic carbocycles. The number of rotatable bonds is 4. The molecule has 0 aliphatic carbocycles. The molecule has 1 N–H and O–H groups in total. The smallest absolute Gasteiger partial charge is 0.266 e. The number of thioether (sulfide) groups is 1. The SMILES string of the molecule is Cc1ccc(/C=C2/SC(=S)N(CCC(=O)NC(C)(C)C)C2=O)cc1. The Kier molecular flexibility index (Phi) is 5.83. The first-order valence-corrected chi connectivity index (χ1v) is 9.01. The molecule has 1 saturated heterocycles. The average molecular weight is 363 g/mol. The monoisotopic (exact) mass is 362 g/mol. The van der Waals surface area contributed by atoms with Crippen LogP contribution >= 0.6 is 24.0 Å². The predicted molar refractivity (Wildman–Crippen MR) is 104 cm³/mol. The van der Waals surface area contributed by atoms with Crippen molar-refractivity contribution in [1.29, 1.82) is 0 Å². The lowest BCUT2D eigenvalue weighted by Gasteiger charge is -2.21. The summed E-state index contributed by atoms with van der Waals surface area (Å²) < 4.78 is 0.502. The first kappa shape index (κ1) is 18.7. The molecule has 1 fully saturated rings. The summed E-state index contributed by atoms with van der Waals surface area (Å²) in [7, 11) is 0. The standard InChI is InChI=1S/C18H22N2O2S2/c1-12-5-7-13(8-6-12)11-14-16(22)20(17(23)24-14)10-9-15(21)19-18(2,3)4/h5-8,11H,9-10H2,1-4H3,(H,19,21)/b14-11+. The first-order chi connectivity index (χ1) is 11.2. The number of carbonyl (C=O) groups is 2. The summed E-state index contributed by atoms with van der Waals surface area (Å²) in [6.45, 7) is 8.10. The Morgan fingerprint density at radius 1 is 1.29 bits per heavy atom. The molecule has 0 saturated carbocycles. The van der Waals surface area contributed by atoms with Crippen molar-refractivity contribution in [2.45, 2.75) is 39.7 Å². The average Bonchev–Trinajstić information content (AvgIpc) is 2.72. The van der Waals surface area contributed by atoms with Crippen molar-refractivity contribution in [2.24, 2.45) is 0 Å². The first-order valence-electron chi connectivity index (χ1n) is 7.79. The molecule has 0 atom stereocenters. The highest BCUT2D eigenvalue weighted by Gasteiger charge is 2.32. The molecule has 6 heteroatoms. The summed E-state index contributed by atoms with van der Waals surface area (Å²) >= 11 is 6.57. The quantitative estimate of drug-likeness (QED) is 0.658. The van der Waals surface area contributed by atoms with Gasteiger partial charge in [0, 0.05) is 18.5 Å². The maximum absolute atomic E-state index is 12.5. The Balaban J connectivity index is 2.01. The lowest BCUT2D eigenvalue weighted by molar-refractivity contribution is -0.124. The van der Waals surface area contributed by atoms with Crippen LogP contribution < -0.4 is 5.32 Å². The molecule has 1 heterocycles. The molecular weight excluding hydrogens is 340 g/mol. The van der Waals surface area contributed by atoms with E-state index < -0.39 is 0 Å². The number of nitrogens with one attached hydrogen (secondary N) is 1. The molecule has 1 aliphatic heterocycles. The van der Waals surface area contributed by atoms with Crippen molar-refractivity contribution in [3.8, 4) is 0 Å². The van der Waals surface area contributed by atoms with Gasteiger partial charge in [0.25, 0.3) is 5.91 Å². The number of hydrogen-bond acceptors (Lipinski definition) is 4. The second-order valence-corrected chi connectivity index (χ2v) is 8.47. The van der Waals surface area contributed by atoms with Crippen LogP contribution in [-0.2, 0) is 9.59 Å². The Labute approximate surface area is 152 Å². The minimum absolute atomic E-state index is 0.0842. The molecule has 1 aromatic rings. The summed E-state index contributed by atoms with van der Waals surface area (Å²) in [5, 5.41) is 2.89. The Morgan fingerprint density at radius 2 is 1.92 bits per heavy atom. The van der Waals surface area contributed by atoms with E-state index in [1.807, 2.05) is 58.0 Å². The van der Waals surface area contributed by atoms with Crippen molar-refractivity contribution in [2.75, 3.05) is 6.54 Å². The zero-order chi connectivity index (χ0) is 17.9. The number of thiocarbonyl (C=S) groups is 1. The van der Waals surface area contributed by atoms with E-state index in [0.717, 1.165) is 5.56 Å². The van der Waals surface area contributed by atoms with Gasteiger partial charge in [0.1, 0.15) is 4.32 Å². The van der Waals surface area contributed by atoms with Crippen LogP contribution in [0, 0.1) is 6.92 Å². The molecule has 2 amide bonds. The third-order valence-electron chi connectivity index (χ3n) is 3.33. The molecule has 2 rings (SSSR count). The van der Waals surface area contributed by atoms with Gasteiger partial charge in [0.2, 0.25) is 5.91 Å². The fraction of sp³-hybridized carbons (Fsp3) is 0.389. The Hall–Kier alpha value is -1.66. The summed E-state index contributed by atoms with van der Waals surface area (Å²) in [4.78, 5) is 26.5. The van der Waals surface area contributed by atoms with Crippen LogP contribution in [0.5, 0.6) is 0 Å². The van der Waals surface area contributed by atoms with Crippen LogP contribution in [0.3, 0.4) is 0 Å². The molecule has 0 aromatic heterocycles. The highest BCUT2D eigenvalue weighted by atomic mass is 32.2. The number of hydrogen-bond donors (Lipinski definition) is 1. The fourth-order valence-corrected chi connectivity index (χ4v) is 3.51. The van der Waals surface area contributed by atoms with Gasteiger partial charge in [-0.1, -0.05) is 53.8 Å². The van der Waals surface area contributed by atoms with E-state index in [4.69, 9.17) is 12.2 Å². The number of carbonyl (C=O) groups excluding carboxylic acids is 2. The van der Waals surface area contributed by atoms with Crippen LogP contribution in [0.15, 0.2) is 29.2 Å². The van der Waals surface area contributed by atoms with Crippen LogP contribution in [0.1, 0.15) is 38.3 Å². The van der Waals surface area contributed by atoms with E-state index in [1.54, 1.807) is 0 Å². The summed E-state index contributed by atoms with van der Waals surface area (Å²) in [5.74, 6) is -0.215. The minimum Gasteiger partial charge on any atom is -0.351 e. The van der Waals surface area contributed by atoms with Gasteiger partial charge in [-0.05, 0) is 39.3 Å². The van der Waals surface area contributed by atoms with E-state index in [1.165, 1.54) is 22.2 Å². The lowest BCUT2D eigenvalue weighted by Crippen LogP contribution is -2.42. The van der Waals surface area contributed by atoms with Crippen LogP contribution in [0.25, 0.3) is 6.08 Å². The van der Waals surface area contributed by atoms with Gasteiger partial charge in [-0.15, -0.1) is 0 Å². The van der Waals surface area contributed by atoms with E-state index in [-0.39, 0.29) is 23.8 Å². The fourth-order valence-electron chi connectivity index (χ4n) is 2.20. The Bertz CT molecular complexity index is 688. The largest absolute Gasteiger partial charge is 0.351 e. The molecule has 1 aliphatic rings. The van der Waals surface area contributed by atoms with E-state index in [9.17, 15) is 9.59 Å². The van der Waals surface area contributed by atoms with Gasteiger partial charge in [0.15, 0.2) is 0 Å². The summed E-state index contributed by atoms with van der Waals surface area (Å²) in [6, 6.07) is 7.95. The zero-order valence-electron chi connectivity index (χ0n) is 14.4. The molecular formula is C18H22N2O2S2. The van der Waals surface area contributed by atoms with Crippen LogP contribution in [-0.4, -0.2) is 33.1 Å². The van der Waals surface area contributed by atoms with Crippen molar-refractivity contribution in [1.82, 2.24) is 10.2 Å². The highest BCUT2D eigenvalue weighted by Crippen LogP contribution is 2.32. The van der Waals surface area contributed by atoms with Gasteiger partial charge in [-0.3, -0.25) is 14.5 Å². The van der Waals surface area contributed by atoms with Crippen LogP contribution in [0.2, 0.25) is 0 Å². The van der Waals surface area contributed by atoms with E-state index >= 15 is 0 Å². The third-order valence-corrected chi connectivity index (χ3v) is 4.70. The second kappa shape index (κ2) is 7.49. The van der Waals surface area contributed by atoms with Gasteiger partial charge in [0.05, 0.1) is 4.91 Å².